The van der Waals surface area contributed by atoms with E-state index >= 15 is 0 Å². The first-order valence-corrected chi connectivity index (χ1v) is 12.2. The third-order valence-electron chi connectivity index (χ3n) is 5.02. The van der Waals surface area contributed by atoms with Gasteiger partial charge in [-0.15, -0.1) is 28.2 Å². The average molecular weight is 562 g/mol. The highest BCUT2D eigenvalue weighted by Crippen LogP contribution is 2.43. The second-order valence-electron chi connectivity index (χ2n) is 10.2. The number of guanidine groups is 1. The number of aliphatic hydroxyl groups is 1. The summed E-state index contributed by atoms with van der Waals surface area (Å²) in [6.07, 6.45) is -3.22. The van der Waals surface area contributed by atoms with Crippen LogP contribution in [0, 0.1) is 11.8 Å². The highest BCUT2D eigenvalue weighted by molar-refractivity contribution is 6.23. The van der Waals surface area contributed by atoms with Crippen LogP contribution in [0.3, 0.4) is 0 Å². The van der Waals surface area contributed by atoms with Crippen molar-refractivity contribution in [2.24, 2.45) is 32.8 Å². The van der Waals surface area contributed by atoms with Gasteiger partial charge in [0.2, 0.25) is 5.96 Å². The fourth-order valence-electron chi connectivity index (χ4n) is 3.69. The summed E-state index contributed by atoms with van der Waals surface area (Å²) in [7, 11) is 0. The molecule has 1 aliphatic carbocycles. The number of hydrogen-bond donors (Lipinski definition) is 2. The molecule has 0 bridgehead atoms. The van der Waals surface area contributed by atoms with Crippen molar-refractivity contribution in [2.45, 2.75) is 64.2 Å². The molecule has 0 aromatic rings. The molecule has 0 aromatic heterocycles. The Morgan fingerprint density at radius 1 is 1.11 bits per heavy atom. The van der Waals surface area contributed by atoms with Gasteiger partial charge in [0.25, 0.3) is 0 Å². The van der Waals surface area contributed by atoms with Gasteiger partial charge in [-0.1, -0.05) is 10.2 Å². The lowest BCUT2D eigenvalue weighted by molar-refractivity contribution is 0.0376. The Kier molecular flexibility index (Phi) is 11.8. The molecule has 1 unspecified atom stereocenters. The molecule has 0 saturated heterocycles. The molecular weight excluding hydrogens is 529 g/mol. The molecule has 0 aromatic carbocycles. The minimum atomic E-state index is -1.24. The van der Waals surface area contributed by atoms with E-state index in [9.17, 15) is 14.7 Å². The van der Waals surface area contributed by atoms with Crippen LogP contribution < -0.4 is 5.73 Å². The Labute approximate surface area is 225 Å². The molecule has 0 spiro atoms. The smallest absolute Gasteiger partial charge is 0.437 e. The molecule has 4 atom stereocenters. The number of amides is 2. The number of aliphatic imine (C=N–C) groups is 1. The van der Waals surface area contributed by atoms with Crippen LogP contribution in [0.25, 0.3) is 20.9 Å². The number of ether oxygens (including phenoxy) is 2. The summed E-state index contributed by atoms with van der Waals surface area (Å²) in [6.45, 7) is 9.25. The van der Waals surface area contributed by atoms with Crippen molar-refractivity contribution < 1.29 is 24.2 Å². The summed E-state index contributed by atoms with van der Waals surface area (Å²) in [6, 6.07) is 0. The van der Waals surface area contributed by atoms with E-state index in [1.54, 1.807) is 41.5 Å². The van der Waals surface area contributed by atoms with Crippen LogP contribution in [0.5, 0.6) is 0 Å². The maximum Gasteiger partial charge on any atom is 0.437 e. The number of rotatable bonds is 8. The van der Waals surface area contributed by atoms with E-state index in [2.05, 4.69) is 25.0 Å². The monoisotopic (exact) mass is 561 g/mol. The van der Waals surface area contributed by atoms with Crippen LogP contribution in [-0.4, -0.2) is 76.3 Å². The number of nitrogens with zero attached hydrogens (tertiary/aromatic N) is 8. The van der Waals surface area contributed by atoms with Crippen molar-refractivity contribution in [3.63, 3.8) is 0 Å². The topological polar surface area (TPSA) is 212 Å². The van der Waals surface area contributed by atoms with Crippen molar-refractivity contribution in [1.82, 2.24) is 4.90 Å². The Balaban J connectivity index is 3.64. The first-order chi connectivity index (χ1) is 17.1. The molecule has 14 nitrogen and oxygen atoms in total. The standard InChI is InChI=1S/C21H33Cl2N9O5/c1-20(2,3)36-18(34)29-17(24)32(19(35)37-21(4,5)6)10-13-15(14(33)7-22)11(8-27-30-25)12(16(13)23)9-28-31-26/h11-12,14,16,33H,7-10H2,1-6H3,(H2,24,29,34)/t11-,12-,14?,16+/m1/s1. The number of hydrogen-bond acceptors (Lipinski definition) is 7. The third kappa shape index (κ3) is 9.83. The van der Waals surface area contributed by atoms with E-state index in [-0.39, 0.29) is 25.5 Å². The molecule has 37 heavy (non-hydrogen) atoms. The molecule has 206 valence electrons. The van der Waals surface area contributed by atoms with Crippen molar-refractivity contribution in [1.29, 1.82) is 0 Å². The minimum absolute atomic E-state index is 0.0911. The Morgan fingerprint density at radius 3 is 2.14 bits per heavy atom. The largest absolute Gasteiger partial charge is 0.443 e. The van der Waals surface area contributed by atoms with E-state index < -0.39 is 52.7 Å². The van der Waals surface area contributed by atoms with Gasteiger partial charge in [0, 0.05) is 22.9 Å². The van der Waals surface area contributed by atoms with Crippen LogP contribution in [0.15, 0.2) is 26.4 Å². The molecule has 0 saturated carbocycles. The number of alkyl halides is 2. The van der Waals surface area contributed by atoms with Gasteiger partial charge in [-0.25, -0.2) is 14.5 Å². The lowest BCUT2D eigenvalue weighted by Crippen LogP contribution is -2.47. The Morgan fingerprint density at radius 2 is 1.65 bits per heavy atom. The molecule has 1 rings (SSSR count). The summed E-state index contributed by atoms with van der Waals surface area (Å²) in [5, 5.41) is 17.1. The van der Waals surface area contributed by atoms with Gasteiger partial charge < -0.3 is 20.3 Å². The molecule has 0 aliphatic heterocycles. The van der Waals surface area contributed by atoms with Gasteiger partial charge >= 0.3 is 12.2 Å². The van der Waals surface area contributed by atoms with Crippen molar-refractivity contribution in [2.75, 3.05) is 25.5 Å². The second-order valence-corrected chi connectivity index (χ2v) is 10.9. The predicted molar refractivity (Wildman–Crippen MR) is 139 cm³/mol. The highest BCUT2D eigenvalue weighted by atomic mass is 35.5. The maximum atomic E-state index is 13.1. The van der Waals surface area contributed by atoms with E-state index in [1.807, 2.05) is 0 Å². The van der Waals surface area contributed by atoms with Gasteiger partial charge in [-0.2, -0.15) is 0 Å². The number of nitrogens with two attached hydrogens (primary N) is 1. The quantitative estimate of drug-likeness (QED) is 0.0802. The zero-order chi connectivity index (χ0) is 28.6. The molecule has 1 aliphatic rings. The summed E-state index contributed by atoms with van der Waals surface area (Å²) in [5.74, 6) is -2.03. The van der Waals surface area contributed by atoms with E-state index in [1.165, 1.54) is 0 Å². The average Bonchev–Trinajstić information content (AvgIpc) is 3.01. The molecule has 2 amide bonds. The number of carbonyl (C=O) groups is 2. The van der Waals surface area contributed by atoms with Crippen LogP contribution in [0.4, 0.5) is 9.59 Å². The first kappa shape index (κ1) is 32.1. The minimum Gasteiger partial charge on any atom is -0.443 e. The van der Waals surface area contributed by atoms with E-state index in [0.717, 1.165) is 4.90 Å². The van der Waals surface area contributed by atoms with Gasteiger partial charge in [0.1, 0.15) is 11.2 Å². The fourth-order valence-corrected chi connectivity index (χ4v) is 4.30. The summed E-state index contributed by atoms with van der Waals surface area (Å²) < 4.78 is 10.6. The maximum absolute atomic E-state index is 13.1. The van der Waals surface area contributed by atoms with Crippen LogP contribution >= 0.6 is 23.2 Å². The Bertz CT molecular complexity index is 1010. The third-order valence-corrected chi connectivity index (χ3v) is 5.90. The van der Waals surface area contributed by atoms with Crippen LogP contribution in [0.2, 0.25) is 0 Å². The van der Waals surface area contributed by atoms with Gasteiger partial charge in [0.15, 0.2) is 0 Å². The molecule has 0 heterocycles. The zero-order valence-electron chi connectivity index (χ0n) is 21.6. The van der Waals surface area contributed by atoms with Crippen LogP contribution in [0.1, 0.15) is 41.5 Å². The fraction of sp³-hybridized carbons (Fsp3) is 0.762. The van der Waals surface area contributed by atoms with Crippen molar-refractivity contribution >= 4 is 41.3 Å². The van der Waals surface area contributed by atoms with Gasteiger partial charge in [-0.05, 0) is 75.6 Å². The molecule has 16 heteroatoms. The second kappa shape index (κ2) is 13.6. The SMILES string of the molecule is CC(C)(C)OC(=O)/N=C(\N)N(CC1=C(C(O)CCl)[C@H](CN=[N+]=[N-])[C@@H](CN=[N+]=[N-])[C@@H]1Cl)C(=O)OC(C)(C)C. The lowest BCUT2D eigenvalue weighted by atomic mass is 9.89. The molecule has 0 radical (unpaired) electrons. The molecular formula is C21H33Cl2N9O5. The van der Waals surface area contributed by atoms with Crippen molar-refractivity contribution in [3.05, 3.63) is 32.0 Å². The van der Waals surface area contributed by atoms with Gasteiger partial charge in [0.05, 0.1) is 23.9 Å². The highest BCUT2D eigenvalue weighted by Gasteiger charge is 2.44. The number of halogens is 2. The van der Waals surface area contributed by atoms with E-state index in [0.29, 0.717) is 11.1 Å². The predicted octanol–water partition coefficient (Wildman–Crippen LogP) is 4.84. The van der Waals surface area contributed by atoms with Crippen LogP contribution in [-0.2, 0) is 9.47 Å². The summed E-state index contributed by atoms with van der Waals surface area (Å²) in [4.78, 5) is 35.5. The van der Waals surface area contributed by atoms with E-state index in [4.69, 9.17) is 49.5 Å². The Hall–Kier alpha value is -2.89. The summed E-state index contributed by atoms with van der Waals surface area (Å²) in [5.41, 5.74) is 22.6. The number of carbonyl (C=O) groups excluding carboxylic acids is 2. The normalized spacial score (nSPS) is 21.0. The molecule has 0 fully saturated rings. The first-order valence-electron chi connectivity index (χ1n) is 11.3. The number of aliphatic hydroxyl groups excluding tert-OH is 1. The molecule has 3 N–H and O–H groups in total. The van der Waals surface area contributed by atoms with Gasteiger partial charge in [-0.3, -0.25) is 0 Å². The summed E-state index contributed by atoms with van der Waals surface area (Å²) >= 11 is 12.7. The lowest BCUT2D eigenvalue weighted by Gasteiger charge is -2.28. The number of azide groups is 2. The van der Waals surface area contributed by atoms with Crippen molar-refractivity contribution in [3.8, 4) is 0 Å². The zero-order valence-corrected chi connectivity index (χ0v) is 23.1.